The average molecular weight is 239 g/mol. The first-order valence-corrected chi connectivity index (χ1v) is 6.82. The number of carbonyl (C=O) groups excluding carboxylic acids is 1. The number of aryl methyl sites for hydroxylation is 1. The van der Waals surface area contributed by atoms with Gasteiger partial charge < -0.3 is 4.98 Å². The van der Waals surface area contributed by atoms with Gasteiger partial charge in [0.05, 0.1) is 0 Å². The fourth-order valence-electron chi connectivity index (χ4n) is 4.09. The summed E-state index contributed by atoms with van der Waals surface area (Å²) in [6, 6.07) is 6.59. The molecule has 1 heterocycles. The van der Waals surface area contributed by atoms with Crippen molar-refractivity contribution in [2.75, 3.05) is 0 Å². The zero-order valence-electron chi connectivity index (χ0n) is 10.6. The highest BCUT2D eigenvalue weighted by atomic mass is 16.1. The minimum atomic E-state index is -0.0863. The second-order valence-corrected chi connectivity index (χ2v) is 6.00. The van der Waals surface area contributed by atoms with Crippen LogP contribution in [0.5, 0.6) is 0 Å². The van der Waals surface area contributed by atoms with Crippen LogP contribution in [-0.4, -0.2) is 10.8 Å². The van der Waals surface area contributed by atoms with Crippen LogP contribution in [0.2, 0.25) is 0 Å². The predicted octanol–water partition coefficient (Wildman–Crippen LogP) is 3.57. The van der Waals surface area contributed by atoms with Gasteiger partial charge >= 0.3 is 0 Å². The number of fused-ring (bicyclic) bond motifs is 5. The first kappa shape index (κ1) is 10.4. The van der Waals surface area contributed by atoms with E-state index in [1.807, 2.05) is 6.20 Å². The van der Waals surface area contributed by atoms with Gasteiger partial charge in [0.1, 0.15) is 5.78 Å². The molecule has 2 aliphatic rings. The van der Waals surface area contributed by atoms with Crippen LogP contribution in [-0.2, 0) is 11.2 Å². The number of rotatable bonds is 0. The van der Waals surface area contributed by atoms with Gasteiger partial charge in [0.15, 0.2) is 0 Å². The van der Waals surface area contributed by atoms with Gasteiger partial charge in [0, 0.05) is 28.9 Å². The molecule has 0 spiro atoms. The van der Waals surface area contributed by atoms with Crippen molar-refractivity contribution in [1.29, 1.82) is 0 Å². The van der Waals surface area contributed by atoms with E-state index in [9.17, 15) is 4.79 Å². The lowest BCUT2D eigenvalue weighted by Crippen LogP contribution is -2.32. The van der Waals surface area contributed by atoms with Gasteiger partial charge in [0.2, 0.25) is 0 Å². The molecule has 2 unspecified atom stereocenters. The lowest BCUT2D eigenvalue weighted by atomic mass is 9.66. The van der Waals surface area contributed by atoms with Gasteiger partial charge in [-0.3, -0.25) is 4.79 Å². The zero-order valence-corrected chi connectivity index (χ0v) is 10.6. The number of aromatic amines is 1. The molecule has 1 N–H and O–H groups in total. The summed E-state index contributed by atoms with van der Waals surface area (Å²) in [5.41, 5.74) is 4.05. The number of hydrogen-bond donors (Lipinski definition) is 1. The molecule has 0 amide bonds. The molecule has 2 atom stereocenters. The van der Waals surface area contributed by atoms with Crippen molar-refractivity contribution >= 4 is 16.7 Å². The van der Waals surface area contributed by atoms with E-state index >= 15 is 0 Å². The van der Waals surface area contributed by atoms with E-state index in [1.54, 1.807) is 0 Å². The Morgan fingerprint density at radius 3 is 3.06 bits per heavy atom. The summed E-state index contributed by atoms with van der Waals surface area (Å²) in [6.45, 7) is 2.18. The highest BCUT2D eigenvalue weighted by Crippen LogP contribution is 2.54. The van der Waals surface area contributed by atoms with Crippen molar-refractivity contribution in [2.24, 2.45) is 5.41 Å². The van der Waals surface area contributed by atoms with E-state index in [2.05, 4.69) is 30.1 Å². The quantitative estimate of drug-likeness (QED) is 0.749. The van der Waals surface area contributed by atoms with E-state index in [4.69, 9.17) is 0 Å². The minimum Gasteiger partial charge on any atom is -0.361 e. The number of Topliss-reactive ketones (excluding diaryl/α,β-unsaturated/α-hetero) is 1. The standard InChI is InChI=1S/C16H17NO/c1-16-8-6-10-11(13(16)3-5-15(16)18)2-4-14-12(10)7-9-17-14/h2,4,7,9,13,17H,3,5-6,8H2,1H3. The number of benzene rings is 1. The highest BCUT2D eigenvalue weighted by molar-refractivity contribution is 5.91. The molecule has 1 aromatic carbocycles. The molecule has 1 fully saturated rings. The third-order valence-electron chi connectivity index (χ3n) is 5.22. The number of nitrogens with one attached hydrogen (secondary N) is 1. The molecule has 0 radical (unpaired) electrons. The summed E-state index contributed by atoms with van der Waals surface area (Å²) in [4.78, 5) is 15.4. The molecule has 4 rings (SSSR count). The third kappa shape index (κ3) is 1.11. The molecule has 2 aromatic rings. The van der Waals surface area contributed by atoms with Gasteiger partial charge in [-0.25, -0.2) is 0 Å². The monoisotopic (exact) mass is 239 g/mol. The molecule has 2 heteroatoms. The van der Waals surface area contributed by atoms with E-state index in [1.165, 1.54) is 22.0 Å². The van der Waals surface area contributed by atoms with Gasteiger partial charge in [-0.05, 0) is 48.4 Å². The maximum absolute atomic E-state index is 12.1. The Morgan fingerprint density at radius 1 is 1.28 bits per heavy atom. The van der Waals surface area contributed by atoms with Crippen LogP contribution in [0.15, 0.2) is 24.4 Å². The van der Waals surface area contributed by atoms with Crippen LogP contribution in [0.4, 0.5) is 0 Å². The van der Waals surface area contributed by atoms with Crippen molar-refractivity contribution in [3.8, 4) is 0 Å². The number of hydrogen-bond acceptors (Lipinski definition) is 1. The van der Waals surface area contributed by atoms with Crippen molar-refractivity contribution in [3.05, 3.63) is 35.5 Å². The molecule has 18 heavy (non-hydrogen) atoms. The Morgan fingerprint density at radius 2 is 2.17 bits per heavy atom. The first-order chi connectivity index (χ1) is 8.70. The summed E-state index contributed by atoms with van der Waals surface area (Å²) >= 11 is 0. The van der Waals surface area contributed by atoms with E-state index < -0.39 is 0 Å². The lowest BCUT2D eigenvalue weighted by molar-refractivity contribution is -0.126. The number of carbonyl (C=O) groups is 1. The number of H-pyrrole nitrogens is 1. The van der Waals surface area contributed by atoms with Gasteiger partial charge in [-0.1, -0.05) is 13.0 Å². The normalized spacial score (nSPS) is 30.5. The summed E-state index contributed by atoms with van der Waals surface area (Å²) < 4.78 is 0. The molecule has 1 saturated carbocycles. The first-order valence-electron chi connectivity index (χ1n) is 6.82. The average Bonchev–Trinajstić information content (AvgIpc) is 2.94. The smallest absolute Gasteiger partial charge is 0.139 e. The minimum absolute atomic E-state index is 0.0863. The second-order valence-electron chi connectivity index (χ2n) is 6.00. The Bertz CT molecular complexity index is 654. The molecule has 0 saturated heterocycles. The molecular formula is C16H17NO. The Kier molecular flexibility index (Phi) is 1.87. The van der Waals surface area contributed by atoms with Gasteiger partial charge in [-0.2, -0.15) is 0 Å². The van der Waals surface area contributed by atoms with Crippen LogP contribution >= 0.6 is 0 Å². The van der Waals surface area contributed by atoms with E-state index in [0.717, 1.165) is 25.7 Å². The zero-order chi connectivity index (χ0) is 12.3. The summed E-state index contributed by atoms with van der Waals surface area (Å²) in [6.07, 6.45) is 5.89. The molecule has 1 aromatic heterocycles. The largest absolute Gasteiger partial charge is 0.361 e. The van der Waals surface area contributed by atoms with Crippen LogP contribution in [0.1, 0.15) is 43.2 Å². The number of aromatic nitrogens is 1. The van der Waals surface area contributed by atoms with Gasteiger partial charge in [-0.15, -0.1) is 0 Å². The maximum Gasteiger partial charge on any atom is 0.139 e. The Balaban J connectivity index is 1.97. The lowest BCUT2D eigenvalue weighted by Gasteiger charge is -2.36. The fraction of sp³-hybridized carbons (Fsp3) is 0.438. The summed E-state index contributed by atoms with van der Waals surface area (Å²) in [5.74, 6) is 0.931. The SMILES string of the molecule is CC12CCc3c(ccc4[nH]ccc34)C1CCC2=O. The molecule has 92 valence electrons. The predicted molar refractivity (Wildman–Crippen MR) is 71.7 cm³/mol. The molecular weight excluding hydrogens is 222 g/mol. The second kappa shape index (κ2) is 3.25. The molecule has 2 aliphatic carbocycles. The highest BCUT2D eigenvalue weighted by Gasteiger charge is 2.49. The van der Waals surface area contributed by atoms with Gasteiger partial charge in [0.25, 0.3) is 0 Å². The van der Waals surface area contributed by atoms with Crippen molar-refractivity contribution in [1.82, 2.24) is 4.98 Å². The number of ketones is 1. The van der Waals surface area contributed by atoms with E-state index in [-0.39, 0.29) is 5.41 Å². The Hall–Kier alpha value is -1.57. The molecule has 0 bridgehead atoms. The third-order valence-corrected chi connectivity index (χ3v) is 5.22. The van der Waals surface area contributed by atoms with Crippen molar-refractivity contribution in [3.63, 3.8) is 0 Å². The maximum atomic E-state index is 12.1. The van der Waals surface area contributed by atoms with Crippen LogP contribution in [0.25, 0.3) is 10.9 Å². The summed E-state index contributed by atoms with van der Waals surface area (Å²) in [7, 11) is 0. The van der Waals surface area contributed by atoms with Crippen LogP contribution in [0.3, 0.4) is 0 Å². The topological polar surface area (TPSA) is 32.9 Å². The molecule has 2 nitrogen and oxygen atoms in total. The van der Waals surface area contributed by atoms with E-state index in [0.29, 0.717) is 11.7 Å². The van der Waals surface area contributed by atoms with Crippen molar-refractivity contribution < 1.29 is 4.79 Å². The Labute approximate surface area is 106 Å². The summed E-state index contributed by atoms with van der Waals surface area (Å²) in [5, 5.41) is 1.36. The van der Waals surface area contributed by atoms with Crippen molar-refractivity contribution in [2.45, 2.75) is 38.5 Å². The fourth-order valence-corrected chi connectivity index (χ4v) is 4.09. The molecule has 0 aliphatic heterocycles. The van der Waals surface area contributed by atoms with Crippen LogP contribution in [0, 0.1) is 5.41 Å². The van der Waals surface area contributed by atoms with Crippen LogP contribution < -0.4 is 0 Å².